The smallest absolute Gasteiger partial charge is 0.358 e. The van der Waals surface area contributed by atoms with Gasteiger partial charge in [0.25, 0.3) is 0 Å². The predicted molar refractivity (Wildman–Crippen MR) is 129 cm³/mol. The van der Waals surface area contributed by atoms with Crippen LogP contribution < -0.4 is 0 Å². The highest BCUT2D eigenvalue weighted by Gasteiger charge is 2.14. The number of nitrogens with zero attached hydrogens (tertiary/aromatic N) is 4. The zero-order valence-electron chi connectivity index (χ0n) is 18.5. The summed E-state index contributed by atoms with van der Waals surface area (Å²) in [5.41, 5.74) is 4.77. The molecule has 0 radical (unpaired) electrons. The van der Waals surface area contributed by atoms with Crippen LogP contribution in [0.3, 0.4) is 0 Å². The van der Waals surface area contributed by atoms with Gasteiger partial charge in [-0.25, -0.2) is 4.79 Å². The van der Waals surface area contributed by atoms with E-state index < -0.39 is 5.97 Å². The number of benzene rings is 2. The highest BCUT2D eigenvalue weighted by Crippen LogP contribution is 2.23. The molecule has 0 unspecified atom stereocenters. The van der Waals surface area contributed by atoms with E-state index >= 15 is 0 Å². The molecule has 172 valence electrons. The van der Waals surface area contributed by atoms with E-state index in [2.05, 4.69) is 10.2 Å². The molecule has 0 bridgehead atoms. The third-order valence-corrected chi connectivity index (χ3v) is 5.24. The molecule has 4 rings (SSSR count). The lowest BCUT2D eigenvalue weighted by atomic mass is 10.1. The van der Waals surface area contributed by atoms with Crippen LogP contribution in [0, 0.1) is 0 Å². The fourth-order valence-electron chi connectivity index (χ4n) is 3.16. The van der Waals surface area contributed by atoms with E-state index in [4.69, 9.17) is 33.0 Å². The van der Waals surface area contributed by atoms with E-state index in [-0.39, 0.29) is 6.61 Å². The number of aliphatic hydroxyl groups is 1. The topological polar surface area (TPSA) is 82.2 Å². The molecule has 7 nitrogen and oxygen atoms in total. The summed E-state index contributed by atoms with van der Waals surface area (Å²) in [6.45, 7) is 2.06. The molecule has 0 amide bonds. The van der Waals surface area contributed by atoms with Crippen molar-refractivity contribution in [3.8, 4) is 22.5 Å². The maximum absolute atomic E-state index is 11.6. The minimum Gasteiger partial charge on any atom is -0.461 e. The summed E-state index contributed by atoms with van der Waals surface area (Å²) in [5, 5.41) is 18.7. The Morgan fingerprint density at radius 3 is 1.82 bits per heavy atom. The van der Waals surface area contributed by atoms with Crippen LogP contribution in [0.25, 0.3) is 22.5 Å². The maximum Gasteiger partial charge on any atom is 0.358 e. The summed E-state index contributed by atoms with van der Waals surface area (Å²) in [4.78, 5) is 11.6. The van der Waals surface area contributed by atoms with Crippen molar-refractivity contribution in [1.82, 2.24) is 19.6 Å². The fraction of sp³-hybridized carbons (Fsp3) is 0.208. The zero-order valence-corrected chi connectivity index (χ0v) is 20.0. The van der Waals surface area contributed by atoms with E-state index in [0.29, 0.717) is 28.0 Å². The van der Waals surface area contributed by atoms with Crippen LogP contribution in [0.5, 0.6) is 0 Å². The van der Waals surface area contributed by atoms with Gasteiger partial charge >= 0.3 is 5.97 Å². The molecule has 0 saturated heterocycles. The van der Waals surface area contributed by atoms with Gasteiger partial charge in [-0.05, 0) is 54.4 Å². The number of rotatable bonds is 5. The molecule has 0 aliphatic rings. The summed E-state index contributed by atoms with van der Waals surface area (Å²) in [6.07, 6.45) is 0. The summed E-state index contributed by atoms with van der Waals surface area (Å²) < 4.78 is 8.31. The number of hydrogen-bond acceptors (Lipinski definition) is 5. The summed E-state index contributed by atoms with van der Waals surface area (Å²) in [6, 6.07) is 18.5. The molecule has 33 heavy (non-hydrogen) atoms. The molecule has 1 N–H and O–H groups in total. The molecule has 0 saturated carbocycles. The van der Waals surface area contributed by atoms with Crippen molar-refractivity contribution < 1.29 is 14.6 Å². The largest absolute Gasteiger partial charge is 0.461 e. The number of halogens is 2. The number of aromatic nitrogens is 4. The van der Waals surface area contributed by atoms with Crippen molar-refractivity contribution in [2.24, 2.45) is 14.1 Å². The Labute approximate surface area is 202 Å². The Balaban J connectivity index is 0.000000189. The van der Waals surface area contributed by atoms with Gasteiger partial charge in [-0.15, -0.1) is 0 Å². The first-order valence-electron chi connectivity index (χ1n) is 10.2. The van der Waals surface area contributed by atoms with Gasteiger partial charge in [0, 0.05) is 24.1 Å². The van der Waals surface area contributed by atoms with Crippen molar-refractivity contribution in [2.45, 2.75) is 13.5 Å². The molecular formula is C24H24Cl2N4O3. The molecule has 2 aromatic carbocycles. The van der Waals surface area contributed by atoms with Crippen LogP contribution in [-0.2, 0) is 25.4 Å². The number of esters is 1. The summed E-state index contributed by atoms with van der Waals surface area (Å²) in [7, 11) is 3.63. The first kappa shape index (κ1) is 24.5. The molecule has 2 aromatic heterocycles. The molecule has 4 aromatic rings. The number of carbonyl (C=O) groups excluding carboxylic acids is 1. The van der Waals surface area contributed by atoms with Crippen LogP contribution in [0.2, 0.25) is 10.0 Å². The number of hydrogen-bond donors (Lipinski definition) is 1. The van der Waals surface area contributed by atoms with Crippen LogP contribution in [0.4, 0.5) is 0 Å². The molecular weight excluding hydrogens is 463 g/mol. The van der Waals surface area contributed by atoms with E-state index in [1.54, 1.807) is 41.5 Å². The van der Waals surface area contributed by atoms with Crippen LogP contribution >= 0.6 is 23.2 Å². The Kier molecular flexibility index (Phi) is 8.27. The second kappa shape index (κ2) is 11.1. The third kappa shape index (κ3) is 6.22. The van der Waals surface area contributed by atoms with Crippen molar-refractivity contribution in [3.05, 3.63) is 82.1 Å². The normalized spacial score (nSPS) is 10.5. The van der Waals surface area contributed by atoms with Gasteiger partial charge in [-0.2, -0.15) is 10.2 Å². The van der Waals surface area contributed by atoms with E-state index in [0.717, 1.165) is 22.5 Å². The standard InChI is InChI=1S/C13H13ClN2O2.C11H11ClN2O/c1-3-18-13(17)11-8-12(16(2)15-11)9-4-6-10(14)7-5-9;1-14-11(6-10(7-15)13-14)8-2-4-9(12)5-3-8/h4-8H,3H2,1-2H3;2-6,15H,7H2,1H3. The summed E-state index contributed by atoms with van der Waals surface area (Å²) in [5.74, 6) is -0.409. The quantitative estimate of drug-likeness (QED) is 0.394. The second-order valence-corrected chi connectivity index (χ2v) is 7.95. The average Bonchev–Trinajstić information content (AvgIpc) is 3.38. The second-order valence-electron chi connectivity index (χ2n) is 7.08. The molecule has 0 spiro atoms. The lowest BCUT2D eigenvalue weighted by molar-refractivity contribution is 0.0518. The lowest BCUT2D eigenvalue weighted by Gasteiger charge is -2.01. The van der Waals surface area contributed by atoms with Gasteiger partial charge in [0.1, 0.15) is 0 Å². The van der Waals surface area contributed by atoms with E-state index in [1.807, 2.05) is 49.5 Å². The monoisotopic (exact) mass is 486 g/mol. The predicted octanol–water partition coefficient (Wildman–Crippen LogP) is 5.15. The van der Waals surface area contributed by atoms with Gasteiger partial charge in [-0.3, -0.25) is 9.36 Å². The minimum absolute atomic E-state index is 0.0402. The van der Waals surface area contributed by atoms with Crippen molar-refractivity contribution in [3.63, 3.8) is 0 Å². The first-order valence-corrected chi connectivity index (χ1v) is 10.9. The lowest BCUT2D eigenvalue weighted by Crippen LogP contribution is -2.05. The Bertz CT molecular complexity index is 1220. The zero-order chi connectivity index (χ0) is 24.0. The SMILES string of the molecule is CCOC(=O)c1cc(-c2ccc(Cl)cc2)n(C)n1.Cn1nc(CO)cc1-c1ccc(Cl)cc1. The van der Waals surface area contributed by atoms with Gasteiger partial charge in [0.05, 0.1) is 30.3 Å². The molecule has 9 heteroatoms. The van der Waals surface area contributed by atoms with E-state index in [9.17, 15) is 4.79 Å². The number of aryl methyl sites for hydroxylation is 2. The van der Waals surface area contributed by atoms with Crippen molar-refractivity contribution >= 4 is 29.2 Å². The van der Waals surface area contributed by atoms with Crippen LogP contribution in [0.15, 0.2) is 60.7 Å². The molecule has 2 heterocycles. The summed E-state index contributed by atoms with van der Waals surface area (Å²) >= 11 is 11.6. The molecule has 0 atom stereocenters. The van der Waals surface area contributed by atoms with E-state index in [1.165, 1.54) is 0 Å². The molecule has 0 aliphatic carbocycles. The highest BCUT2D eigenvalue weighted by atomic mass is 35.5. The third-order valence-electron chi connectivity index (χ3n) is 4.74. The Morgan fingerprint density at radius 1 is 0.879 bits per heavy atom. The first-order chi connectivity index (χ1) is 15.8. The van der Waals surface area contributed by atoms with Gasteiger partial charge in [0.15, 0.2) is 5.69 Å². The Morgan fingerprint density at radius 2 is 1.36 bits per heavy atom. The number of carbonyl (C=O) groups is 1. The minimum atomic E-state index is -0.409. The Hall–Kier alpha value is -3.13. The van der Waals surface area contributed by atoms with Crippen molar-refractivity contribution in [1.29, 1.82) is 0 Å². The number of ether oxygens (including phenoxy) is 1. The molecule has 0 aliphatic heterocycles. The fourth-order valence-corrected chi connectivity index (χ4v) is 3.41. The van der Waals surface area contributed by atoms with Crippen LogP contribution in [0.1, 0.15) is 23.1 Å². The highest BCUT2D eigenvalue weighted by molar-refractivity contribution is 6.30. The number of aliphatic hydroxyl groups excluding tert-OH is 1. The van der Waals surface area contributed by atoms with Gasteiger partial charge in [-0.1, -0.05) is 47.5 Å². The van der Waals surface area contributed by atoms with Crippen LogP contribution in [-0.4, -0.2) is 37.2 Å². The van der Waals surface area contributed by atoms with Gasteiger partial charge < -0.3 is 9.84 Å². The maximum atomic E-state index is 11.6. The average molecular weight is 487 g/mol. The van der Waals surface area contributed by atoms with Gasteiger partial charge in [0.2, 0.25) is 0 Å². The molecule has 0 fully saturated rings. The van der Waals surface area contributed by atoms with Crippen molar-refractivity contribution in [2.75, 3.05) is 6.61 Å².